The van der Waals surface area contributed by atoms with Crippen molar-refractivity contribution in [3.05, 3.63) is 23.8 Å². The lowest BCUT2D eigenvalue weighted by Crippen LogP contribution is -2.28. The van der Waals surface area contributed by atoms with E-state index < -0.39 is 0 Å². The molecule has 2 rings (SSSR count). The van der Waals surface area contributed by atoms with Crippen molar-refractivity contribution in [2.24, 2.45) is 5.92 Å². The molecule has 1 amide bonds. The molecule has 1 saturated carbocycles. The molecular formula is C14H20N2O2. The predicted molar refractivity (Wildman–Crippen MR) is 71.7 cm³/mol. The third-order valence-corrected chi connectivity index (χ3v) is 3.59. The Hall–Kier alpha value is -1.71. The van der Waals surface area contributed by atoms with Gasteiger partial charge in [0.05, 0.1) is 18.4 Å². The van der Waals surface area contributed by atoms with Gasteiger partial charge >= 0.3 is 0 Å². The molecule has 1 aliphatic rings. The number of anilines is 1. The Bertz CT molecular complexity index is 428. The Morgan fingerprint density at radius 1 is 1.50 bits per heavy atom. The van der Waals surface area contributed by atoms with Gasteiger partial charge in [-0.1, -0.05) is 25.3 Å². The summed E-state index contributed by atoms with van der Waals surface area (Å²) in [5.74, 6) is 1.22. The molecule has 1 fully saturated rings. The first kappa shape index (κ1) is 12.7. The van der Waals surface area contributed by atoms with Crippen LogP contribution in [0.25, 0.3) is 0 Å². The molecule has 4 nitrogen and oxygen atoms in total. The molecule has 0 aromatic heterocycles. The average Bonchev–Trinajstić information content (AvgIpc) is 2.32. The second-order valence-corrected chi connectivity index (χ2v) is 4.76. The van der Waals surface area contributed by atoms with Crippen molar-refractivity contribution in [1.82, 2.24) is 5.32 Å². The highest BCUT2D eigenvalue weighted by atomic mass is 16.5. The van der Waals surface area contributed by atoms with Crippen LogP contribution in [0.4, 0.5) is 5.69 Å². The van der Waals surface area contributed by atoms with Gasteiger partial charge in [-0.25, -0.2) is 0 Å². The van der Waals surface area contributed by atoms with Crippen LogP contribution in [0.3, 0.4) is 0 Å². The van der Waals surface area contributed by atoms with E-state index in [0.29, 0.717) is 17.0 Å². The number of hydrogen-bond acceptors (Lipinski definition) is 3. The van der Waals surface area contributed by atoms with E-state index in [4.69, 9.17) is 10.5 Å². The molecule has 1 aromatic carbocycles. The van der Waals surface area contributed by atoms with Gasteiger partial charge in [0.25, 0.3) is 5.91 Å². The Kier molecular flexibility index (Phi) is 4.07. The van der Waals surface area contributed by atoms with Crippen LogP contribution in [-0.2, 0) is 0 Å². The second-order valence-electron chi connectivity index (χ2n) is 4.76. The smallest absolute Gasteiger partial charge is 0.253 e. The molecular weight excluding hydrogens is 228 g/mol. The quantitative estimate of drug-likeness (QED) is 0.785. The lowest BCUT2D eigenvalue weighted by molar-refractivity contribution is 0.0949. The number of ether oxygens (including phenoxy) is 1. The third-order valence-electron chi connectivity index (χ3n) is 3.59. The molecule has 4 heteroatoms. The molecule has 0 radical (unpaired) electrons. The average molecular weight is 248 g/mol. The van der Waals surface area contributed by atoms with Crippen LogP contribution in [0.2, 0.25) is 0 Å². The summed E-state index contributed by atoms with van der Waals surface area (Å²) in [5.41, 5.74) is 6.77. The number of hydrogen-bond donors (Lipinski definition) is 2. The van der Waals surface area contributed by atoms with E-state index in [1.807, 2.05) is 0 Å². The van der Waals surface area contributed by atoms with Crippen LogP contribution < -0.4 is 15.8 Å². The largest absolute Gasteiger partial charge is 0.495 e. The summed E-state index contributed by atoms with van der Waals surface area (Å²) in [5, 5.41) is 2.92. The van der Waals surface area contributed by atoms with Crippen LogP contribution in [0, 0.1) is 5.92 Å². The van der Waals surface area contributed by atoms with Gasteiger partial charge in [-0.15, -0.1) is 0 Å². The monoisotopic (exact) mass is 248 g/mol. The normalized spacial score (nSPS) is 14.9. The first-order valence-corrected chi connectivity index (χ1v) is 6.43. The predicted octanol–water partition coefficient (Wildman–Crippen LogP) is 2.20. The maximum Gasteiger partial charge on any atom is 0.253 e. The minimum Gasteiger partial charge on any atom is -0.495 e. The summed E-state index contributed by atoms with van der Waals surface area (Å²) < 4.78 is 5.10. The number of nitrogen functional groups attached to an aromatic ring is 1. The SMILES string of the molecule is COc1cccc(C(=O)NCCC2CCC2)c1N. The fraction of sp³-hybridized carbons (Fsp3) is 0.500. The maximum absolute atomic E-state index is 12.0. The summed E-state index contributed by atoms with van der Waals surface area (Å²) in [4.78, 5) is 12.0. The maximum atomic E-state index is 12.0. The van der Waals surface area contributed by atoms with Crippen molar-refractivity contribution in [2.75, 3.05) is 19.4 Å². The van der Waals surface area contributed by atoms with Crippen LogP contribution in [0.5, 0.6) is 5.75 Å². The van der Waals surface area contributed by atoms with E-state index in [0.717, 1.165) is 18.9 Å². The van der Waals surface area contributed by atoms with Crippen molar-refractivity contribution in [3.8, 4) is 5.75 Å². The van der Waals surface area contributed by atoms with Gasteiger partial charge in [-0.05, 0) is 24.5 Å². The number of carbonyl (C=O) groups is 1. The molecule has 1 aliphatic carbocycles. The number of carbonyl (C=O) groups excluding carboxylic acids is 1. The highest BCUT2D eigenvalue weighted by Crippen LogP contribution is 2.29. The van der Waals surface area contributed by atoms with Crippen molar-refractivity contribution < 1.29 is 9.53 Å². The third kappa shape index (κ3) is 2.75. The van der Waals surface area contributed by atoms with Gasteiger partial charge in [0.2, 0.25) is 0 Å². The zero-order valence-electron chi connectivity index (χ0n) is 10.7. The van der Waals surface area contributed by atoms with Gasteiger partial charge in [-0.2, -0.15) is 0 Å². The van der Waals surface area contributed by atoms with E-state index in [-0.39, 0.29) is 5.91 Å². The number of benzene rings is 1. The zero-order chi connectivity index (χ0) is 13.0. The minimum absolute atomic E-state index is 0.120. The van der Waals surface area contributed by atoms with Gasteiger partial charge in [0.15, 0.2) is 0 Å². The molecule has 18 heavy (non-hydrogen) atoms. The first-order valence-electron chi connectivity index (χ1n) is 6.43. The van der Waals surface area contributed by atoms with Crippen LogP contribution in [-0.4, -0.2) is 19.6 Å². The Morgan fingerprint density at radius 2 is 2.28 bits per heavy atom. The minimum atomic E-state index is -0.120. The Morgan fingerprint density at radius 3 is 2.89 bits per heavy atom. The number of nitrogens with one attached hydrogen (secondary N) is 1. The summed E-state index contributed by atoms with van der Waals surface area (Å²) in [6.45, 7) is 0.722. The number of methoxy groups -OCH3 is 1. The lowest BCUT2D eigenvalue weighted by Gasteiger charge is -2.25. The molecule has 0 aliphatic heterocycles. The van der Waals surface area contributed by atoms with Crippen LogP contribution in [0.1, 0.15) is 36.0 Å². The Labute approximate surface area is 108 Å². The van der Waals surface area contributed by atoms with Crippen molar-refractivity contribution in [3.63, 3.8) is 0 Å². The van der Waals surface area contributed by atoms with Gasteiger partial charge < -0.3 is 15.8 Å². The van der Waals surface area contributed by atoms with Gasteiger partial charge in [0.1, 0.15) is 5.75 Å². The highest BCUT2D eigenvalue weighted by molar-refractivity contribution is 6.00. The zero-order valence-corrected chi connectivity index (χ0v) is 10.7. The molecule has 98 valence electrons. The van der Waals surface area contributed by atoms with Gasteiger partial charge in [0, 0.05) is 6.54 Å². The molecule has 0 unspecified atom stereocenters. The van der Waals surface area contributed by atoms with E-state index in [1.165, 1.54) is 19.3 Å². The van der Waals surface area contributed by atoms with Gasteiger partial charge in [-0.3, -0.25) is 4.79 Å². The second kappa shape index (κ2) is 5.76. The molecule has 3 N–H and O–H groups in total. The molecule has 0 atom stereocenters. The molecule has 0 heterocycles. The number of para-hydroxylation sites is 1. The Balaban J connectivity index is 1.91. The molecule has 0 spiro atoms. The van der Waals surface area contributed by atoms with Crippen LogP contribution in [0.15, 0.2) is 18.2 Å². The summed E-state index contributed by atoms with van der Waals surface area (Å²) in [6.07, 6.45) is 5.01. The van der Waals surface area contributed by atoms with E-state index in [2.05, 4.69) is 5.32 Å². The van der Waals surface area contributed by atoms with Crippen LogP contribution >= 0.6 is 0 Å². The van der Waals surface area contributed by atoms with Crippen molar-refractivity contribution in [2.45, 2.75) is 25.7 Å². The summed E-state index contributed by atoms with van der Waals surface area (Å²) in [7, 11) is 1.55. The molecule has 1 aromatic rings. The number of nitrogens with two attached hydrogens (primary N) is 1. The summed E-state index contributed by atoms with van der Waals surface area (Å²) in [6, 6.07) is 5.24. The molecule has 0 bridgehead atoms. The summed E-state index contributed by atoms with van der Waals surface area (Å²) >= 11 is 0. The molecule has 0 saturated heterocycles. The number of amides is 1. The number of rotatable bonds is 5. The fourth-order valence-electron chi connectivity index (χ4n) is 2.19. The lowest BCUT2D eigenvalue weighted by atomic mass is 9.83. The van der Waals surface area contributed by atoms with Crippen molar-refractivity contribution >= 4 is 11.6 Å². The van der Waals surface area contributed by atoms with E-state index in [1.54, 1.807) is 25.3 Å². The highest BCUT2D eigenvalue weighted by Gasteiger charge is 2.18. The fourth-order valence-corrected chi connectivity index (χ4v) is 2.19. The topological polar surface area (TPSA) is 64.3 Å². The standard InChI is InChI=1S/C14H20N2O2/c1-18-12-7-3-6-11(13(12)15)14(17)16-9-8-10-4-2-5-10/h3,6-7,10H,2,4-5,8-9,15H2,1H3,(H,16,17). The van der Waals surface area contributed by atoms with E-state index in [9.17, 15) is 4.79 Å². The van der Waals surface area contributed by atoms with E-state index >= 15 is 0 Å². The first-order chi connectivity index (χ1) is 8.72. The van der Waals surface area contributed by atoms with Crippen molar-refractivity contribution in [1.29, 1.82) is 0 Å².